The van der Waals surface area contributed by atoms with Gasteiger partial charge in [-0.25, -0.2) is 0 Å². The first-order chi connectivity index (χ1) is 12.2. The maximum atomic E-state index is 10.7. The van der Waals surface area contributed by atoms with Crippen LogP contribution in [0.1, 0.15) is 27.0 Å². The van der Waals surface area contributed by atoms with Crippen LogP contribution < -0.4 is 0 Å². The van der Waals surface area contributed by atoms with E-state index in [2.05, 4.69) is 0 Å². The Morgan fingerprint density at radius 3 is 2.28 bits per heavy atom. The summed E-state index contributed by atoms with van der Waals surface area (Å²) in [7, 11) is 0. The molecule has 1 fully saturated rings. The molecule has 1 aliphatic rings. The van der Waals surface area contributed by atoms with Crippen LogP contribution in [0.25, 0.3) is 0 Å². The molecule has 0 radical (unpaired) electrons. The van der Waals surface area contributed by atoms with Crippen molar-refractivity contribution in [2.45, 2.75) is 11.9 Å². The number of hydrogen-bond acceptors (Lipinski definition) is 4. The second kappa shape index (κ2) is 6.90. The van der Waals surface area contributed by atoms with Crippen LogP contribution in [0, 0.1) is 0 Å². The molecule has 0 bridgehead atoms. The predicted molar refractivity (Wildman–Crippen MR) is 99.0 cm³/mol. The van der Waals surface area contributed by atoms with Crippen LogP contribution >= 0.6 is 22.9 Å². The molecule has 4 rings (SSSR count). The maximum Gasteiger partial charge on any atom is 0.232 e. The van der Waals surface area contributed by atoms with E-state index in [0.29, 0.717) is 18.2 Å². The van der Waals surface area contributed by atoms with Crippen molar-refractivity contribution in [1.29, 1.82) is 0 Å². The van der Waals surface area contributed by atoms with E-state index < -0.39 is 11.9 Å². The van der Waals surface area contributed by atoms with Crippen LogP contribution in [0.5, 0.6) is 0 Å². The molecule has 3 aromatic rings. The highest BCUT2D eigenvalue weighted by Crippen LogP contribution is 2.43. The zero-order valence-electron chi connectivity index (χ0n) is 13.4. The van der Waals surface area contributed by atoms with Crippen molar-refractivity contribution in [2.75, 3.05) is 13.2 Å². The molecule has 25 heavy (non-hydrogen) atoms. The number of rotatable bonds is 4. The average Bonchev–Trinajstić information content (AvgIpc) is 3.33. The SMILES string of the molecule is OC(c1ccc(Cl)cc1)c1ccc(C2(c3ccccc3)OCCO2)s1. The van der Waals surface area contributed by atoms with E-state index in [9.17, 15) is 5.11 Å². The Hall–Kier alpha value is -1.69. The summed E-state index contributed by atoms with van der Waals surface area (Å²) in [6, 6.07) is 21.0. The number of halogens is 1. The quantitative estimate of drug-likeness (QED) is 0.719. The molecule has 1 unspecified atom stereocenters. The van der Waals surface area contributed by atoms with Crippen molar-refractivity contribution in [3.8, 4) is 0 Å². The third-order valence-corrected chi connectivity index (χ3v) is 5.73. The van der Waals surface area contributed by atoms with Gasteiger partial charge < -0.3 is 14.6 Å². The Labute approximate surface area is 155 Å². The highest BCUT2D eigenvalue weighted by Gasteiger charge is 2.42. The highest BCUT2D eigenvalue weighted by atomic mass is 35.5. The topological polar surface area (TPSA) is 38.7 Å². The van der Waals surface area contributed by atoms with Crippen molar-refractivity contribution in [1.82, 2.24) is 0 Å². The van der Waals surface area contributed by atoms with Gasteiger partial charge in [-0.05, 0) is 29.8 Å². The molecule has 0 saturated carbocycles. The summed E-state index contributed by atoms with van der Waals surface area (Å²) < 4.78 is 12.0. The van der Waals surface area contributed by atoms with Crippen LogP contribution in [0.3, 0.4) is 0 Å². The van der Waals surface area contributed by atoms with Crippen molar-refractivity contribution in [3.05, 3.63) is 92.6 Å². The minimum Gasteiger partial charge on any atom is -0.383 e. The molecule has 5 heteroatoms. The second-order valence-corrected chi connectivity index (χ2v) is 7.39. The Morgan fingerprint density at radius 1 is 0.920 bits per heavy atom. The van der Waals surface area contributed by atoms with E-state index in [1.165, 1.54) is 11.3 Å². The minimum absolute atomic E-state index is 0.544. The first-order valence-corrected chi connectivity index (χ1v) is 9.26. The molecule has 0 spiro atoms. The monoisotopic (exact) mass is 372 g/mol. The Bertz CT molecular complexity index is 839. The Kier molecular flexibility index (Phi) is 4.63. The summed E-state index contributed by atoms with van der Waals surface area (Å²) in [4.78, 5) is 1.77. The van der Waals surface area contributed by atoms with Crippen molar-refractivity contribution >= 4 is 22.9 Å². The largest absolute Gasteiger partial charge is 0.383 e. The van der Waals surface area contributed by atoms with Crippen LogP contribution in [-0.4, -0.2) is 18.3 Å². The van der Waals surface area contributed by atoms with Gasteiger partial charge in [0.15, 0.2) is 0 Å². The number of hydrogen-bond donors (Lipinski definition) is 1. The first-order valence-electron chi connectivity index (χ1n) is 8.06. The smallest absolute Gasteiger partial charge is 0.232 e. The summed E-state index contributed by atoms with van der Waals surface area (Å²) in [5, 5.41) is 11.3. The van der Waals surface area contributed by atoms with Gasteiger partial charge in [-0.1, -0.05) is 54.1 Å². The van der Waals surface area contributed by atoms with Crippen LogP contribution in [0.4, 0.5) is 0 Å². The summed E-state index contributed by atoms with van der Waals surface area (Å²) in [6.07, 6.45) is -0.703. The summed E-state index contributed by atoms with van der Waals surface area (Å²) in [5.74, 6) is -0.885. The number of aliphatic hydroxyl groups excluding tert-OH is 1. The Morgan fingerprint density at radius 2 is 1.60 bits per heavy atom. The second-order valence-electron chi connectivity index (χ2n) is 5.84. The Balaban J connectivity index is 1.69. The van der Waals surface area contributed by atoms with Crippen LogP contribution in [0.2, 0.25) is 5.02 Å². The summed E-state index contributed by atoms with van der Waals surface area (Å²) in [5.41, 5.74) is 1.77. The molecule has 0 amide bonds. The molecule has 128 valence electrons. The van der Waals surface area contributed by atoms with Crippen LogP contribution in [-0.2, 0) is 15.3 Å². The summed E-state index contributed by atoms with van der Waals surface area (Å²) >= 11 is 7.42. The van der Waals surface area contributed by atoms with Gasteiger partial charge in [0, 0.05) is 15.5 Å². The van der Waals surface area contributed by atoms with Crippen molar-refractivity contribution in [2.24, 2.45) is 0 Å². The lowest BCUT2D eigenvalue weighted by Crippen LogP contribution is -2.27. The average molecular weight is 373 g/mol. The molecule has 1 saturated heterocycles. The molecule has 1 N–H and O–H groups in total. The van der Waals surface area contributed by atoms with Gasteiger partial charge in [-0.15, -0.1) is 11.3 Å². The standard InChI is InChI=1S/C20H17ClO3S/c21-16-8-6-14(7-9-16)19(22)17-10-11-18(25-17)20(23-12-13-24-20)15-4-2-1-3-5-15/h1-11,19,22H,12-13H2. The fraction of sp³-hybridized carbons (Fsp3) is 0.200. The van der Waals surface area contributed by atoms with E-state index >= 15 is 0 Å². The predicted octanol–water partition coefficient (Wildman–Crippen LogP) is 4.73. The van der Waals surface area contributed by atoms with E-state index in [1.54, 1.807) is 12.1 Å². The zero-order valence-corrected chi connectivity index (χ0v) is 15.0. The first kappa shape index (κ1) is 16.8. The van der Waals surface area contributed by atoms with Gasteiger partial charge in [0.25, 0.3) is 0 Å². The number of benzene rings is 2. The van der Waals surface area contributed by atoms with E-state index in [4.69, 9.17) is 21.1 Å². The number of thiophene rings is 1. The van der Waals surface area contributed by atoms with Crippen molar-refractivity contribution in [3.63, 3.8) is 0 Å². The van der Waals surface area contributed by atoms with E-state index in [0.717, 1.165) is 20.9 Å². The van der Waals surface area contributed by atoms with E-state index in [-0.39, 0.29) is 0 Å². The molecular weight excluding hydrogens is 356 g/mol. The third-order valence-electron chi connectivity index (χ3n) is 4.25. The molecule has 2 aromatic carbocycles. The van der Waals surface area contributed by atoms with E-state index in [1.807, 2.05) is 54.6 Å². The zero-order chi connectivity index (χ0) is 17.3. The van der Waals surface area contributed by atoms with Gasteiger partial charge in [0.2, 0.25) is 5.79 Å². The van der Waals surface area contributed by atoms with Gasteiger partial charge >= 0.3 is 0 Å². The van der Waals surface area contributed by atoms with Gasteiger partial charge in [-0.2, -0.15) is 0 Å². The minimum atomic E-state index is -0.885. The normalized spacial score (nSPS) is 17.5. The lowest BCUT2D eigenvalue weighted by molar-refractivity contribution is -0.127. The van der Waals surface area contributed by atoms with Crippen molar-refractivity contribution < 1.29 is 14.6 Å². The molecule has 1 atom stereocenters. The molecule has 1 aromatic heterocycles. The number of ether oxygens (including phenoxy) is 2. The third kappa shape index (κ3) is 3.12. The lowest BCUT2D eigenvalue weighted by atomic mass is 10.0. The molecule has 1 aliphatic heterocycles. The molecule has 0 aliphatic carbocycles. The molecule has 3 nitrogen and oxygen atoms in total. The lowest BCUT2D eigenvalue weighted by Gasteiger charge is -2.26. The fourth-order valence-corrected chi connectivity index (χ4v) is 4.28. The maximum absolute atomic E-state index is 10.7. The van der Waals surface area contributed by atoms with Crippen LogP contribution in [0.15, 0.2) is 66.7 Å². The summed E-state index contributed by atoms with van der Waals surface area (Å²) in [6.45, 7) is 1.09. The number of aliphatic hydroxyl groups is 1. The van der Waals surface area contributed by atoms with Gasteiger partial charge in [0.05, 0.1) is 18.1 Å². The molecule has 2 heterocycles. The van der Waals surface area contributed by atoms with Gasteiger partial charge in [0.1, 0.15) is 6.10 Å². The van der Waals surface area contributed by atoms with Gasteiger partial charge in [-0.3, -0.25) is 0 Å². The fourth-order valence-electron chi connectivity index (χ4n) is 3.01. The highest BCUT2D eigenvalue weighted by molar-refractivity contribution is 7.12. The molecular formula is C20H17ClO3S.